The Morgan fingerprint density at radius 1 is 1.36 bits per heavy atom. The summed E-state index contributed by atoms with van der Waals surface area (Å²) in [6.45, 7) is 0. The van der Waals surface area contributed by atoms with E-state index in [0.29, 0.717) is 20.0 Å². The number of halogens is 2. The molecule has 1 aromatic heterocycles. The average Bonchev–Trinajstić information content (AvgIpc) is 2.48. The third-order valence-electron chi connectivity index (χ3n) is 1.90. The van der Waals surface area contributed by atoms with Crippen LogP contribution in [0.3, 0.4) is 0 Å². The minimum absolute atomic E-state index is 0.296. The van der Waals surface area contributed by atoms with E-state index in [1.54, 1.807) is 6.07 Å². The predicted molar refractivity (Wildman–Crippen MR) is 59.3 cm³/mol. The summed E-state index contributed by atoms with van der Waals surface area (Å²) < 4.78 is 14.4. The highest BCUT2D eigenvalue weighted by atomic mass is 79.9. The van der Waals surface area contributed by atoms with E-state index in [4.69, 9.17) is 10.0 Å². The van der Waals surface area contributed by atoms with Crippen molar-refractivity contribution in [2.45, 2.75) is 0 Å². The molecule has 0 saturated carbocycles. The van der Waals surface area contributed by atoms with E-state index in [9.17, 15) is 4.39 Å². The summed E-state index contributed by atoms with van der Waals surface area (Å²) in [5.74, 6) is -0.296. The van der Waals surface area contributed by atoms with Gasteiger partial charge in [0.25, 0.3) is 0 Å². The van der Waals surface area contributed by atoms with Crippen molar-refractivity contribution >= 4 is 49.9 Å². The van der Waals surface area contributed by atoms with Crippen molar-refractivity contribution in [3.05, 3.63) is 27.8 Å². The van der Waals surface area contributed by atoms with Crippen LogP contribution >= 0.6 is 27.3 Å². The third kappa shape index (κ3) is 1.59. The summed E-state index contributed by atoms with van der Waals surface area (Å²) in [4.78, 5) is 0. The molecule has 2 N–H and O–H groups in total. The lowest BCUT2D eigenvalue weighted by Gasteiger charge is -2.01. The lowest BCUT2D eigenvalue weighted by molar-refractivity contribution is 0.426. The minimum atomic E-state index is -1.53. The van der Waals surface area contributed by atoms with Gasteiger partial charge in [0.2, 0.25) is 0 Å². The molecule has 2 rings (SSSR count). The molecule has 6 heteroatoms. The van der Waals surface area contributed by atoms with Crippen molar-refractivity contribution in [2.75, 3.05) is 0 Å². The smallest absolute Gasteiger partial charge is 0.423 e. The highest BCUT2D eigenvalue weighted by molar-refractivity contribution is 9.10. The molecule has 1 aromatic carbocycles. The molecule has 0 aliphatic carbocycles. The predicted octanol–water partition coefficient (Wildman–Crippen LogP) is 1.48. The molecule has 0 bridgehead atoms. The number of benzene rings is 1. The van der Waals surface area contributed by atoms with Crippen LogP contribution in [0.4, 0.5) is 4.39 Å². The molecule has 2 aromatic rings. The Morgan fingerprint density at radius 3 is 2.71 bits per heavy atom. The van der Waals surface area contributed by atoms with Crippen LogP contribution in [0.15, 0.2) is 22.0 Å². The van der Waals surface area contributed by atoms with Gasteiger partial charge >= 0.3 is 7.12 Å². The SMILES string of the molecule is OB(O)c1cc(Br)c2c(F)csc2c1. The first kappa shape index (κ1) is 10.1. The highest BCUT2D eigenvalue weighted by Crippen LogP contribution is 2.30. The molecule has 0 aliphatic rings. The van der Waals surface area contributed by atoms with E-state index < -0.39 is 7.12 Å². The zero-order valence-electron chi connectivity index (χ0n) is 6.87. The van der Waals surface area contributed by atoms with Crippen LogP contribution in [0.25, 0.3) is 10.1 Å². The van der Waals surface area contributed by atoms with Crippen LogP contribution in [0, 0.1) is 5.82 Å². The Balaban J connectivity index is 2.74. The number of hydrogen-bond acceptors (Lipinski definition) is 3. The Kier molecular flexibility index (Phi) is 2.61. The monoisotopic (exact) mass is 274 g/mol. The number of rotatable bonds is 1. The first-order valence-corrected chi connectivity index (χ1v) is 5.49. The molecular weight excluding hydrogens is 270 g/mol. The van der Waals surface area contributed by atoms with Gasteiger partial charge < -0.3 is 10.0 Å². The van der Waals surface area contributed by atoms with Gasteiger partial charge in [0.1, 0.15) is 5.82 Å². The second-order valence-corrected chi connectivity index (χ2v) is 4.60. The molecule has 0 unspecified atom stereocenters. The summed E-state index contributed by atoms with van der Waals surface area (Å²) in [6.07, 6.45) is 0. The highest BCUT2D eigenvalue weighted by Gasteiger charge is 2.15. The van der Waals surface area contributed by atoms with Gasteiger partial charge in [0.05, 0.1) is 0 Å². The van der Waals surface area contributed by atoms with Crippen LogP contribution < -0.4 is 5.46 Å². The lowest BCUT2D eigenvalue weighted by atomic mass is 9.80. The Morgan fingerprint density at radius 2 is 2.07 bits per heavy atom. The average molecular weight is 275 g/mol. The molecule has 2 nitrogen and oxygen atoms in total. The molecule has 72 valence electrons. The molecule has 0 fully saturated rings. The first-order valence-electron chi connectivity index (χ1n) is 3.82. The van der Waals surface area contributed by atoms with Crippen molar-refractivity contribution in [1.29, 1.82) is 0 Å². The van der Waals surface area contributed by atoms with Crippen molar-refractivity contribution < 1.29 is 14.4 Å². The molecule has 0 atom stereocenters. The molecule has 1 heterocycles. The molecule has 0 saturated heterocycles. The molecule has 0 amide bonds. The maximum Gasteiger partial charge on any atom is 0.488 e. The normalized spacial score (nSPS) is 10.9. The first-order chi connectivity index (χ1) is 6.59. The Hall–Kier alpha value is -0.425. The fraction of sp³-hybridized carbons (Fsp3) is 0. The van der Waals surface area contributed by atoms with Crippen LogP contribution in [0.1, 0.15) is 0 Å². The molecular formula is C8H5BBrFO2S. The molecule has 0 spiro atoms. The second kappa shape index (κ2) is 3.62. The third-order valence-corrected chi connectivity index (χ3v) is 3.43. The van der Waals surface area contributed by atoms with Gasteiger partial charge in [-0.2, -0.15) is 0 Å². The molecule has 0 aliphatic heterocycles. The molecule has 14 heavy (non-hydrogen) atoms. The van der Waals surface area contributed by atoms with Crippen molar-refractivity contribution in [3.8, 4) is 0 Å². The van der Waals surface area contributed by atoms with Crippen molar-refractivity contribution in [2.24, 2.45) is 0 Å². The van der Waals surface area contributed by atoms with Gasteiger partial charge in [-0.3, -0.25) is 0 Å². The van der Waals surface area contributed by atoms with Crippen LogP contribution in [0.2, 0.25) is 0 Å². The topological polar surface area (TPSA) is 40.5 Å². The van der Waals surface area contributed by atoms with Crippen LogP contribution in [-0.2, 0) is 0 Å². The zero-order chi connectivity index (χ0) is 10.3. The van der Waals surface area contributed by atoms with E-state index >= 15 is 0 Å². The van der Waals surface area contributed by atoms with E-state index in [1.807, 2.05) is 0 Å². The Labute approximate surface area is 92.3 Å². The van der Waals surface area contributed by atoms with E-state index in [-0.39, 0.29) is 5.82 Å². The fourth-order valence-corrected chi connectivity index (χ4v) is 2.93. The van der Waals surface area contributed by atoms with Gasteiger partial charge in [-0.25, -0.2) is 4.39 Å². The summed E-state index contributed by atoms with van der Waals surface area (Å²) in [5.41, 5.74) is 0.353. The maximum atomic E-state index is 13.2. The summed E-state index contributed by atoms with van der Waals surface area (Å²) in [5, 5.41) is 19.8. The van der Waals surface area contributed by atoms with Crippen LogP contribution in [0.5, 0.6) is 0 Å². The van der Waals surface area contributed by atoms with Gasteiger partial charge in [-0.15, -0.1) is 11.3 Å². The van der Waals surface area contributed by atoms with E-state index in [2.05, 4.69) is 15.9 Å². The second-order valence-electron chi connectivity index (χ2n) is 2.83. The number of thiophene rings is 1. The van der Waals surface area contributed by atoms with Crippen molar-refractivity contribution in [1.82, 2.24) is 0 Å². The quantitative estimate of drug-likeness (QED) is 0.774. The summed E-state index contributed by atoms with van der Waals surface area (Å²) >= 11 is 4.42. The number of fused-ring (bicyclic) bond motifs is 1. The van der Waals surface area contributed by atoms with Gasteiger partial charge in [0.15, 0.2) is 0 Å². The van der Waals surface area contributed by atoms with Gasteiger partial charge in [-0.1, -0.05) is 15.9 Å². The van der Waals surface area contributed by atoms with E-state index in [0.717, 1.165) is 0 Å². The fourth-order valence-electron chi connectivity index (χ4n) is 1.25. The lowest BCUT2D eigenvalue weighted by Crippen LogP contribution is -2.29. The standard InChI is InChI=1S/C8H5BBrFO2S/c10-5-1-4(9(12)13)2-7-8(5)6(11)3-14-7/h1-3,12-13H. The Bertz CT molecular complexity index is 485. The van der Waals surface area contributed by atoms with E-state index in [1.165, 1.54) is 22.8 Å². The largest absolute Gasteiger partial charge is 0.488 e. The zero-order valence-corrected chi connectivity index (χ0v) is 9.27. The van der Waals surface area contributed by atoms with Crippen LogP contribution in [-0.4, -0.2) is 17.2 Å². The minimum Gasteiger partial charge on any atom is -0.423 e. The summed E-state index contributed by atoms with van der Waals surface area (Å²) in [6, 6.07) is 3.07. The van der Waals surface area contributed by atoms with Gasteiger partial charge in [-0.05, 0) is 17.6 Å². The maximum absolute atomic E-state index is 13.2. The van der Waals surface area contributed by atoms with Crippen molar-refractivity contribution in [3.63, 3.8) is 0 Å². The summed E-state index contributed by atoms with van der Waals surface area (Å²) in [7, 11) is -1.53. The number of hydrogen-bond donors (Lipinski definition) is 2. The molecule has 0 radical (unpaired) electrons. The van der Waals surface area contributed by atoms with Gasteiger partial charge in [0, 0.05) is 19.9 Å².